The van der Waals surface area contributed by atoms with Gasteiger partial charge in [-0.05, 0) is 74.2 Å². The molecule has 1 aliphatic carbocycles. The number of anilines is 1. The first-order valence-corrected chi connectivity index (χ1v) is 14.0. The fourth-order valence-electron chi connectivity index (χ4n) is 5.20. The summed E-state index contributed by atoms with van der Waals surface area (Å²) in [6.07, 6.45) is 3.23. The Labute approximate surface area is 236 Å². The Morgan fingerprint density at radius 1 is 1.10 bits per heavy atom. The summed E-state index contributed by atoms with van der Waals surface area (Å²) in [5.41, 5.74) is 9.60. The molecule has 6 aromatic rings. The number of aromatic nitrogens is 5. The minimum atomic E-state index is -0.541. The average Bonchev–Trinajstić information content (AvgIpc) is 3.56. The lowest BCUT2D eigenvalue weighted by Crippen LogP contribution is -2.21. The van der Waals surface area contributed by atoms with Crippen molar-refractivity contribution in [3.63, 3.8) is 0 Å². The highest BCUT2D eigenvalue weighted by atomic mass is 32.1. The Hall–Kier alpha value is -4.64. The summed E-state index contributed by atoms with van der Waals surface area (Å²) in [6, 6.07) is 12.0. The van der Waals surface area contributed by atoms with E-state index < -0.39 is 17.7 Å². The van der Waals surface area contributed by atoms with Gasteiger partial charge in [-0.25, -0.2) is 23.4 Å². The molecule has 7 rings (SSSR count). The van der Waals surface area contributed by atoms with Crippen molar-refractivity contribution in [3.8, 4) is 28.1 Å². The van der Waals surface area contributed by atoms with Crippen LogP contribution in [0.4, 0.5) is 14.6 Å². The molecule has 0 spiro atoms. The highest BCUT2D eigenvalue weighted by Crippen LogP contribution is 2.38. The van der Waals surface area contributed by atoms with Crippen molar-refractivity contribution in [2.45, 2.75) is 38.8 Å². The van der Waals surface area contributed by atoms with Crippen LogP contribution in [-0.2, 0) is 0 Å². The molecule has 41 heavy (non-hydrogen) atoms. The number of fused-ring (bicyclic) bond motifs is 2. The van der Waals surface area contributed by atoms with Crippen LogP contribution in [0.1, 0.15) is 37.1 Å². The number of pyridine rings is 1. The zero-order chi connectivity index (χ0) is 28.4. The topological polar surface area (TPSA) is 100 Å². The normalized spacial score (nSPS) is 14.1. The molecule has 11 heteroatoms. The second kappa shape index (κ2) is 9.48. The van der Waals surface area contributed by atoms with E-state index in [0.29, 0.717) is 39.0 Å². The molecule has 1 fully saturated rings. The summed E-state index contributed by atoms with van der Waals surface area (Å²) in [6.45, 7) is 3.74. The number of benzene rings is 2. The molecule has 4 aromatic heterocycles. The van der Waals surface area contributed by atoms with E-state index in [9.17, 15) is 9.18 Å². The molecular formula is C30H24F2N6O2S. The van der Waals surface area contributed by atoms with Gasteiger partial charge in [-0.2, -0.15) is 5.10 Å². The van der Waals surface area contributed by atoms with E-state index >= 15 is 4.39 Å². The molecular weight excluding hydrogens is 546 g/mol. The summed E-state index contributed by atoms with van der Waals surface area (Å²) >= 11 is 1.44. The maximum Gasteiger partial charge on any atom is 0.264 e. The SMILES string of the molecule is Cc1csc2cc([C@H](C)n3nc(-c4ccc(OC5CC5)c(F)c4)c4c(N)ncnc43)c(-c3cccc(F)c3)c(=O)n12. The van der Waals surface area contributed by atoms with Crippen molar-refractivity contribution in [2.75, 3.05) is 5.73 Å². The van der Waals surface area contributed by atoms with Crippen LogP contribution in [0.5, 0.6) is 5.75 Å². The molecule has 0 aliphatic heterocycles. The molecule has 8 nitrogen and oxygen atoms in total. The Morgan fingerprint density at radius 3 is 2.68 bits per heavy atom. The Kier molecular flexibility index (Phi) is 5.86. The van der Waals surface area contributed by atoms with Crippen molar-refractivity contribution in [3.05, 3.63) is 93.5 Å². The predicted molar refractivity (Wildman–Crippen MR) is 154 cm³/mol. The van der Waals surface area contributed by atoms with Gasteiger partial charge >= 0.3 is 0 Å². The van der Waals surface area contributed by atoms with Crippen molar-refractivity contribution >= 4 is 33.0 Å². The van der Waals surface area contributed by atoms with Crippen molar-refractivity contribution in [2.24, 2.45) is 0 Å². The fraction of sp³-hybridized carbons (Fsp3) is 0.200. The first kappa shape index (κ1) is 25.3. The van der Waals surface area contributed by atoms with E-state index in [4.69, 9.17) is 15.6 Å². The van der Waals surface area contributed by atoms with Gasteiger partial charge in [-0.3, -0.25) is 9.20 Å². The molecule has 4 heterocycles. The van der Waals surface area contributed by atoms with Crippen molar-refractivity contribution < 1.29 is 13.5 Å². The number of rotatable bonds is 6. The van der Waals surface area contributed by atoms with Crippen LogP contribution in [0.3, 0.4) is 0 Å². The summed E-state index contributed by atoms with van der Waals surface area (Å²) in [4.78, 5) is 23.3. The zero-order valence-corrected chi connectivity index (χ0v) is 23.0. The molecule has 0 radical (unpaired) electrons. The first-order valence-electron chi connectivity index (χ1n) is 13.1. The van der Waals surface area contributed by atoms with Gasteiger partial charge in [0.25, 0.3) is 5.56 Å². The highest BCUT2D eigenvalue weighted by Gasteiger charge is 2.27. The largest absolute Gasteiger partial charge is 0.487 e. The number of aryl methyl sites for hydroxylation is 1. The van der Waals surface area contributed by atoms with Crippen LogP contribution in [-0.4, -0.2) is 30.3 Å². The third-order valence-electron chi connectivity index (χ3n) is 7.38. The number of halogens is 2. The van der Waals surface area contributed by atoms with Crippen LogP contribution < -0.4 is 16.0 Å². The van der Waals surface area contributed by atoms with Gasteiger partial charge in [0.2, 0.25) is 0 Å². The van der Waals surface area contributed by atoms with E-state index in [2.05, 4.69) is 9.97 Å². The summed E-state index contributed by atoms with van der Waals surface area (Å²) in [5.74, 6) is -0.564. The Morgan fingerprint density at radius 2 is 1.93 bits per heavy atom. The smallest absolute Gasteiger partial charge is 0.264 e. The van der Waals surface area contributed by atoms with Gasteiger partial charge in [-0.1, -0.05) is 12.1 Å². The quantitative estimate of drug-likeness (QED) is 0.258. The minimum Gasteiger partial charge on any atom is -0.487 e. The van der Waals surface area contributed by atoms with Crippen LogP contribution in [0.25, 0.3) is 38.2 Å². The van der Waals surface area contributed by atoms with Gasteiger partial charge in [0, 0.05) is 16.6 Å². The highest BCUT2D eigenvalue weighted by molar-refractivity contribution is 7.15. The number of ether oxygens (including phenoxy) is 1. The fourth-order valence-corrected chi connectivity index (χ4v) is 6.12. The van der Waals surface area contributed by atoms with E-state index in [1.54, 1.807) is 33.3 Å². The number of nitrogen functional groups attached to an aromatic ring is 1. The van der Waals surface area contributed by atoms with E-state index in [-0.39, 0.29) is 23.2 Å². The first-order chi connectivity index (χ1) is 19.8. The third kappa shape index (κ3) is 4.24. The lowest BCUT2D eigenvalue weighted by molar-refractivity contribution is 0.287. The summed E-state index contributed by atoms with van der Waals surface area (Å²) in [5, 5.41) is 7.22. The van der Waals surface area contributed by atoms with Crippen molar-refractivity contribution in [1.29, 1.82) is 0 Å². The van der Waals surface area contributed by atoms with Gasteiger partial charge in [0.15, 0.2) is 17.2 Å². The Bertz CT molecular complexity index is 2050. The van der Waals surface area contributed by atoms with E-state index in [0.717, 1.165) is 23.4 Å². The molecule has 0 unspecified atom stereocenters. The predicted octanol–water partition coefficient (Wildman–Crippen LogP) is 6.15. The number of thiazole rings is 1. The van der Waals surface area contributed by atoms with Gasteiger partial charge in [-0.15, -0.1) is 11.3 Å². The molecule has 2 aromatic carbocycles. The standard InChI is InChI=1S/C30H24F2N6O2S/c1-15-13-41-24-12-21(25(30(39)37(15)24)17-4-3-5-19(31)10-17)16(2)38-29-26(28(33)34-14-35-29)27(36-38)18-6-9-23(22(32)11-18)40-20-7-8-20/h3-6,9-14,16,20H,7-8H2,1-2H3,(H2,33,34,35)/t16-/m0/s1. The maximum absolute atomic E-state index is 15.0. The van der Waals surface area contributed by atoms with E-state index in [1.165, 1.54) is 35.9 Å². The lowest BCUT2D eigenvalue weighted by atomic mass is 9.97. The van der Waals surface area contributed by atoms with E-state index in [1.807, 2.05) is 25.3 Å². The van der Waals surface area contributed by atoms with Crippen LogP contribution >= 0.6 is 11.3 Å². The minimum absolute atomic E-state index is 0.0566. The lowest BCUT2D eigenvalue weighted by Gasteiger charge is -2.18. The molecule has 1 aliphatic rings. The van der Waals surface area contributed by atoms with Gasteiger partial charge in [0.1, 0.15) is 28.5 Å². The number of nitrogens with zero attached hydrogens (tertiary/aromatic N) is 5. The summed E-state index contributed by atoms with van der Waals surface area (Å²) in [7, 11) is 0. The molecule has 0 amide bonds. The molecule has 0 bridgehead atoms. The average molecular weight is 571 g/mol. The summed E-state index contributed by atoms with van der Waals surface area (Å²) < 4.78 is 38.3. The molecule has 0 saturated heterocycles. The zero-order valence-electron chi connectivity index (χ0n) is 22.1. The number of nitrogens with two attached hydrogens (primary N) is 1. The van der Waals surface area contributed by atoms with Crippen LogP contribution in [0.2, 0.25) is 0 Å². The molecule has 206 valence electrons. The molecule has 2 N–H and O–H groups in total. The van der Waals surface area contributed by atoms with Crippen molar-refractivity contribution in [1.82, 2.24) is 24.1 Å². The second-order valence-electron chi connectivity index (χ2n) is 10.2. The maximum atomic E-state index is 15.0. The van der Waals surface area contributed by atoms with Crippen LogP contribution in [0.15, 0.2) is 65.0 Å². The number of hydrogen-bond acceptors (Lipinski definition) is 7. The number of hydrogen-bond donors (Lipinski definition) is 1. The Balaban J connectivity index is 1.44. The molecule has 1 atom stereocenters. The monoisotopic (exact) mass is 570 g/mol. The van der Waals surface area contributed by atoms with Gasteiger partial charge in [0.05, 0.1) is 23.1 Å². The molecule has 1 saturated carbocycles. The van der Waals surface area contributed by atoms with Gasteiger partial charge < -0.3 is 10.5 Å². The van der Waals surface area contributed by atoms with Crippen LogP contribution in [0, 0.1) is 18.6 Å². The third-order valence-corrected chi connectivity index (χ3v) is 8.38. The second-order valence-corrected chi connectivity index (χ2v) is 11.1.